The maximum atomic E-state index is 12.0. The molecule has 0 saturated carbocycles. The fourth-order valence-electron chi connectivity index (χ4n) is 2.40. The third-order valence-electron chi connectivity index (χ3n) is 3.47. The van der Waals surface area contributed by atoms with Crippen LogP contribution in [0.1, 0.15) is 23.7 Å². The SMILES string of the molecule is CCNC(=O)N1Cc2[nH]nc(NC(=O)Cc3ccsc3)c2C1. The van der Waals surface area contributed by atoms with Crippen LogP contribution in [0.4, 0.5) is 10.6 Å². The number of urea groups is 1. The van der Waals surface area contributed by atoms with E-state index >= 15 is 0 Å². The molecule has 0 aromatic carbocycles. The third-order valence-corrected chi connectivity index (χ3v) is 4.20. The first kappa shape index (κ1) is 14.6. The smallest absolute Gasteiger partial charge is 0.318 e. The number of thiophene rings is 1. The van der Waals surface area contributed by atoms with Gasteiger partial charge in [0, 0.05) is 12.1 Å². The zero-order chi connectivity index (χ0) is 15.5. The lowest BCUT2D eigenvalue weighted by atomic mass is 10.2. The van der Waals surface area contributed by atoms with Gasteiger partial charge in [-0.05, 0) is 29.3 Å². The van der Waals surface area contributed by atoms with E-state index < -0.39 is 0 Å². The summed E-state index contributed by atoms with van der Waals surface area (Å²) in [6.45, 7) is 3.40. The van der Waals surface area contributed by atoms with E-state index in [1.165, 1.54) is 0 Å². The molecule has 22 heavy (non-hydrogen) atoms. The number of amides is 3. The maximum absolute atomic E-state index is 12.0. The quantitative estimate of drug-likeness (QED) is 0.801. The highest BCUT2D eigenvalue weighted by molar-refractivity contribution is 7.08. The molecule has 0 unspecified atom stereocenters. The van der Waals surface area contributed by atoms with Crippen molar-refractivity contribution in [2.75, 3.05) is 11.9 Å². The number of nitrogens with zero attached hydrogens (tertiary/aromatic N) is 2. The van der Waals surface area contributed by atoms with Crippen molar-refractivity contribution in [1.29, 1.82) is 0 Å². The highest BCUT2D eigenvalue weighted by atomic mass is 32.1. The topological polar surface area (TPSA) is 90.1 Å². The molecule has 2 aromatic heterocycles. The van der Waals surface area contributed by atoms with Crippen LogP contribution in [0.15, 0.2) is 16.8 Å². The van der Waals surface area contributed by atoms with Crippen molar-refractivity contribution in [3.05, 3.63) is 33.6 Å². The zero-order valence-corrected chi connectivity index (χ0v) is 13.0. The van der Waals surface area contributed by atoms with Crippen molar-refractivity contribution in [3.8, 4) is 0 Å². The molecular formula is C14H17N5O2S. The highest BCUT2D eigenvalue weighted by Gasteiger charge is 2.28. The number of fused-ring (bicyclic) bond motifs is 1. The largest absolute Gasteiger partial charge is 0.338 e. The van der Waals surface area contributed by atoms with Gasteiger partial charge < -0.3 is 15.5 Å². The van der Waals surface area contributed by atoms with Crippen molar-refractivity contribution in [1.82, 2.24) is 20.4 Å². The Kier molecular flexibility index (Phi) is 4.10. The van der Waals surface area contributed by atoms with Crippen molar-refractivity contribution < 1.29 is 9.59 Å². The second kappa shape index (κ2) is 6.18. The van der Waals surface area contributed by atoms with Gasteiger partial charge in [-0.2, -0.15) is 16.4 Å². The molecule has 0 aliphatic carbocycles. The van der Waals surface area contributed by atoms with Gasteiger partial charge in [0.1, 0.15) is 0 Å². The van der Waals surface area contributed by atoms with Crippen molar-refractivity contribution in [3.63, 3.8) is 0 Å². The van der Waals surface area contributed by atoms with Crippen molar-refractivity contribution in [2.45, 2.75) is 26.4 Å². The molecule has 116 valence electrons. The van der Waals surface area contributed by atoms with Crippen LogP contribution in [0.2, 0.25) is 0 Å². The molecule has 2 aromatic rings. The Bertz CT molecular complexity index is 679. The zero-order valence-electron chi connectivity index (χ0n) is 12.2. The molecule has 0 spiro atoms. The Morgan fingerprint density at radius 1 is 1.45 bits per heavy atom. The first-order valence-corrected chi connectivity index (χ1v) is 8.01. The van der Waals surface area contributed by atoms with Gasteiger partial charge in [0.05, 0.1) is 25.2 Å². The van der Waals surface area contributed by atoms with Crippen LogP contribution in [0, 0.1) is 0 Å². The van der Waals surface area contributed by atoms with Crippen LogP contribution >= 0.6 is 11.3 Å². The summed E-state index contributed by atoms with van der Waals surface area (Å²) >= 11 is 1.56. The van der Waals surface area contributed by atoms with Crippen LogP contribution in [0.25, 0.3) is 0 Å². The molecule has 1 aliphatic rings. The average Bonchev–Trinajstić information content (AvgIpc) is 3.17. The molecule has 7 nitrogen and oxygen atoms in total. The molecule has 0 bridgehead atoms. The Morgan fingerprint density at radius 3 is 3.05 bits per heavy atom. The minimum Gasteiger partial charge on any atom is -0.338 e. The molecule has 8 heteroatoms. The summed E-state index contributed by atoms with van der Waals surface area (Å²) in [6.07, 6.45) is 0.325. The molecular weight excluding hydrogens is 302 g/mol. The van der Waals surface area contributed by atoms with Crippen LogP contribution < -0.4 is 10.6 Å². The molecule has 3 rings (SSSR count). The standard InChI is InChI=1S/C14H17N5O2S/c1-2-15-14(21)19-6-10-11(7-19)17-18-13(10)16-12(20)5-9-3-4-22-8-9/h3-4,8H,2,5-7H2,1H3,(H,15,21)(H2,16,17,18,20). The van der Waals surface area contributed by atoms with Crippen LogP contribution in [-0.2, 0) is 24.3 Å². The maximum Gasteiger partial charge on any atom is 0.318 e. The Hall–Kier alpha value is -2.35. The average molecular weight is 319 g/mol. The van der Waals surface area contributed by atoms with E-state index in [1.807, 2.05) is 23.8 Å². The minimum atomic E-state index is -0.109. The van der Waals surface area contributed by atoms with E-state index in [1.54, 1.807) is 16.2 Å². The van der Waals surface area contributed by atoms with Gasteiger partial charge in [-0.15, -0.1) is 0 Å². The second-order valence-electron chi connectivity index (χ2n) is 5.08. The Balaban J connectivity index is 1.64. The second-order valence-corrected chi connectivity index (χ2v) is 5.86. The van der Waals surface area contributed by atoms with Crippen molar-refractivity contribution >= 4 is 29.1 Å². The molecule has 3 amide bonds. The fraction of sp³-hybridized carbons (Fsp3) is 0.357. The van der Waals surface area contributed by atoms with Gasteiger partial charge in [0.15, 0.2) is 5.82 Å². The van der Waals surface area contributed by atoms with Gasteiger partial charge in [0.2, 0.25) is 5.91 Å². The number of nitrogens with one attached hydrogen (secondary N) is 3. The van der Waals surface area contributed by atoms with Crippen LogP contribution in [0.3, 0.4) is 0 Å². The number of rotatable bonds is 4. The van der Waals surface area contributed by atoms with Crippen LogP contribution in [0.5, 0.6) is 0 Å². The Morgan fingerprint density at radius 2 is 2.32 bits per heavy atom. The van der Waals surface area contributed by atoms with Crippen molar-refractivity contribution in [2.24, 2.45) is 0 Å². The number of carbonyl (C=O) groups excluding carboxylic acids is 2. The van der Waals surface area contributed by atoms with E-state index in [0.29, 0.717) is 31.9 Å². The number of H-pyrrole nitrogens is 1. The van der Waals surface area contributed by atoms with Gasteiger partial charge in [-0.3, -0.25) is 9.89 Å². The predicted octanol–water partition coefficient (Wildman–Crippen LogP) is 1.70. The van der Waals surface area contributed by atoms with E-state index in [0.717, 1.165) is 16.8 Å². The summed E-state index contributed by atoms with van der Waals surface area (Å²) in [5, 5.41) is 16.5. The number of aromatic nitrogens is 2. The Labute approximate surface area is 131 Å². The first-order valence-electron chi connectivity index (χ1n) is 7.07. The van der Waals surface area contributed by atoms with Gasteiger partial charge in [-0.1, -0.05) is 0 Å². The lowest BCUT2D eigenvalue weighted by molar-refractivity contribution is -0.115. The van der Waals surface area contributed by atoms with Gasteiger partial charge in [0.25, 0.3) is 0 Å². The fourth-order valence-corrected chi connectivity index (χ4v) is 3.07. The summed E-state index contributed by atoms with van der Waals surface area (Å²) in [4.78, 5) is 25.6. The minimum absolute atomic E-state index is 0.107. The molecule has 0 atom stereocenters. The third kappa shape index (κ3) is 2.96. The molecule has 3 N–H and O–H groups in total. The van der Waals surface area contributed by atoms with Gasteiger partial charge >= 0.3 is 6.03 Å². The lowest BCUT2D eigenvalue weighted by Crippen LogP contribution is -2.36. The predicted molar refractivity (Wildman–Crippen MR) is 83.6 cm³/mol. The number of carbonyl (C=O) groups is 2. The summed E-state index contributed by atoms with van der Waals surface area (Å²) < 4.78 is 0. The molecule has 0 fully saturated rings. The van der Waals surface area contributed by atoms with E-state index in [2.05, 4.69) is 20.8 Å². The lowest BCUT2D eigenvalue weighted by Gasteiger charge is -2.15. The number of anilines is 1. The van der Waals surface area contributed by atoms with E-state index in [9.17, 15) is 9.59 Å². The summed E-state index contributed by atoms with van der Waals surface area (Å²) in [5.41, 5.74) is 2.74. The van der Waals surface area contributed by atoms with Gasteiger partial charge in [-0.25, -0.2) is 4.79 Å². The summed E-state index contributed by atoms with van der Waals surface area (Å²) in [5.74, 6) is 0.409. The van der Waals surface area contributed by atoms with E-state index in [-0.39, 0.29) is 11.9 Å². The molecule has 1 aliphatic heterocycles. The number of hydrogen-bond acceptors (Lipinski definition) is 4. The molecule has 3 heterocycles. The normalized spacial score (nSPS) is 13.0. The first-order chi connectivity index (χ1) is 10.7. The molecule has 0 radical (unpaired) electrons. The molecule has 0 saturated heterocycles. The monoisotopic (exact) mass is 319 g/mol. The summed E-state index contributed by atoms with van der Waals surface area (Å²) in [6, 6.07) is 1.82. The summed E-state index contributed by atoms with van der Waals surface area (Å²) in [7, 11) is 0. The number of aromatic amines is 1. The number of hydrogen-bond donors (Lipinski definition) is 3. The van der Waals surface area contributed by atoms with E-state index in [4.69, 9.17) is 0 Å². The highest BCUT2D eigenvalue weighted by Crippen LogP contribution is 2.27. The van der Waals surface area contributed by atoms with Crippen LogP contribution in [-0.4, -0.2) is 33.6 Å².